The third-order valence-corrected chi connectivity index (χ3v) is 2.11. The van der Waals surface area contributed by atoms with Crippen molar-refractivity contribution in [2.75, 3.05) is 0 Å². The highest BCUT2D eigenvalue weighted by molar-refractivity contribution is 6.31. The molecule has 0 aromatic rings. The molecule has 0 aliphatic rings. The van der Waals surface area contributed by atoms with E-state index in [0.717, 1.165) is 12.5 Å². The fourth-order valence-electron chi connectivity index (χ4n) is 0.562. The zero-order chi connectivity index (χ0) is 10.6. The Bertz CT molecular complexity index is 236. The molecule has 0 spiro atoms. The highest BCUT2D eigenvalue weighted by atomic mass is 35.5. The summed E-state index contributed by atoms with van der Waals surface area (Å²) in [5, 5.41) is -0.230. The Morgan fingerprint density at radius 1 is 1.31 bits per heavy atom. The summed E-state index contributed by atoms with van der Waals surface area (Å²) in [6.07, 6.45) is -2.28. The second kappa shape index (κ2) is 4.70. The van der Waals surface area contributed by atoms with E-state index in [1.54, 1.807) is 6.92 Å². The quantitative estimate of drug-likeness (QED) is 0.595. The number of alkyl halides is 3. The van der Waals surface area contributed by atoms with Crippen molar-refractivity contribution < 1.29 is 13.2 Å². The minimum atomic E-state index is -4.33. The molecular weight excluding hydrogens is 201 g/mol. The molecule has 13 heavy (non-hydrogen) atoms. The zero-order valence-electron chi connectivity index (χ0n) is 7.80. The zero-order valence-corrected chi connectivity index (χ0v) is 8.55. The Kier molecular flexibility index (Phi) is 4.54. The van der Waals surface area contributed by atoms with Gasteiger partial charge >= 0.3 is 6.18 Å². The topological polar surface area (TPSA) is 0 Å². The van der Waals surface area contributed by atoms with Gasteiger partial charge in [0, 0.05) is 10.6 Å². The summed E-state index contributed by atoms with van der Waals surface area (Å²) in [5.74, 6) is 0. The van der Waals surface area contributed by atoms with Crippen molar-refractivity contribution in [1.29, 1.82) is 0 Å². The van der Waals surface area contributed by atoms with Gasteiger partial charge in [-0.3, -0.25) is 0 Å². The summed E-state index contributed by atoms with van der Waals surface area (Å²) in [6, 6.07) is 0. The predicted molar refractivity (Wildman–Crippen MR) is 48.7 cm³/mol. The summed E-state index contributed by atoms with van der Waals surface area (Å²) >= 11 is 5.47. The van der Waals surface area contributed by atoms with E-state index < -0.39 is 11.7 Å². The van der Waals surface area contributed by atoms with Crippen molar-refractivity contribution in [3.8, 4) is 0 Å². The van der Waals surface area contributed by atoms with Crippen molar-refractivity contribution in [3.63, 3.8) is 0 Å². The first-order valence-electron chi connectivity index (χ1n) is 3.89. The van der Waals surface area contributed by atoms with Crippen molar-refractivity contribution in [1.82, 2.24) is 0 Å². The van der Waals surface area contributed by atoms with E-state index >= 15 is 0 Å². The van der Waals surface area contributed by atoms with Crippen LogP contribution in [0.15, 0.2) is 22.3 Å². The van der Waals surface area contributed by atoms with E-state index in [1.807, 2.05) is 6.92 Å². The number of hydrogen-bond donors (Lipinski definition) is 0. The van der Waals surface area contributed by atoms with E-state index in [0.29, 0.717) is 6.42 Å². The van der Waals surface area contributed by atoms with E-state index in [-0.39, 0.29) is 5.03 Å². The van der Waals surface area contributed by atoms with Gasteiger partial charge in [-0.1, -0.05) is 24.1 Å². The molecule has 0 amide bonds. The van der Waals surface area contributed by atoms with Crippen LogP contribution in [0.5, 0.6) is 0 Å². The van der Waals surface area contributed by atoms with E-state index in [9.17, 15) is 13.2 Å². The van der Waals surface area contributed by atoms with Gasteiger partial charge in [-0.25, -0.2) is 0 Å². The van der Waals surface area contributed by atoms with Crippen LogP contribution in [0.3, 0.4) is 0 Å². The first kappa shape index (κ1) is 12.6. The SMILES string of the molecule is CC/C(C)=C\C(Cl)=C(/C)C(F)(F)F. The Morgan fingerprint density at radius 3 is 2.08 bits per heavy atom. The number of allylic oxidation sites excluding steroid dienone is 4. The molecule has 0 saturated carbocycles. The van der Waals surface area contributed by atoms with E-state index in [2.05, 4.69) is 0 Å². The molecule has 0 atom stereocenters. The minimum Gasteiger partial charge on any atom is -0.166 e. The maximum absolute atomic E-state index is 12.1. The molecule has 0 aliphatic carbocycles. The molecule has 0 fully saturated rings. The maximum atomic E-state index is 12.1. The number of rotatable bonds is 2. The van der Waals surface area contributed by atoms with Crippen LogP contribution in [-0.2, 0) is 0 Å². The van der Waals surface area contributed by atoms with E-state index in [4.69, 9.17) is 11.6 Å². The smallest absolute Gasteiger partial charge is 0.166 e. The van der Waals surface area contributed by atoms with Crippen LogP contribution < -0.4 is 0 Å². The largest absolute Gasteiger partial charge is 0.413 e. The van der Waals surface area contributed by atoms with Crippen LogP contribution in [0.1, 0.15) is 27.2 Å². The summed E-state index contributed by atoms with van der Waals surface area (Å²) < 4.78 is 36.2. The van der Waals surface area contributed by atoms with Gasteiger partial charge in [0.1, 0.15) is 0 Å². The normalized spacial score (nSPS) is 15.8. The molecule has 0 aliphatic heterocycles. The molecule has 0 aromatic heterocycles. The Balaban J connectivity index is 4.84. The maximum Gasteiger partial charge on any atom is 0.413 e. The molecular formula is C9H12ClF3. The number of halogens is 4. The molecule has 0 rings (SSSR count). The molecule has 0 saturated heterocycles. The van der Waals surface area contributed by atoms with Gasteiger partial charge in [-0.15, -0.1) is 0 Å². The molecule has 4 heteroatoms. The van der Waals surface area contributed by atoms with Gasteiger partial charge in [0.2, 0.25) is 0 Å². The standard InChI is InChI=1S/C9H12ClF3/c1-4-6(2)5-8(10)7(3)9(11,12)13/h5H,4H2,1-3H3/b6-5-,8-7-. The third kappa shape index (κ3) is 4.36. The molecule has 0 N–H and O–H groups in total. The highest BCUT2D eigenvalue weighted by Crippen LogP contribution is 2.30. The molecule has 0 radical (unpaired) electrons. The number of hydrogen-bond acceptors (Lipinski definition) is 0. The van der Waals surface area contributed by atoms with Gasteiger partial charge in [0.05, 0.1) is 0 Å². The van der Waals surface area contributed by atoms with Crippen molar-refractivity contribution in [3.05, 3.63) is 22.3 Å². The van der Waals surface area contributed by atoms with Crippen molar-refractivity contribution in [2.24, 2.45) is 0 Å². The monoisotopic (exact) mass is 212 g/mol. The van der Waals surface area contributed by atoms with Crippen LogP contribution in [0.4, 0.5) is 13.2 Å². The average Bonchev–Trinajstić information content (AvgIpc) is 2.01. The Hall–Kier alpha value is -0.440. The van der Waals surface area contributed by atoms with Crippen LogP contribution in [-0.4, -0.2) is 6.18 Å². The van der Waals surface area contributed by atoms with Gasteiger partial charge in [-0.05, 0) is 26.3 Å². The molecule has 0 heterocycles. The lowest BCUT2D eigenvalue weighted by Gasteiger charge is -2.07. The van der Waals surface area contributed by atoms with Crippen molar-refractivity contribution >= 4 is 11.6 Å². The minimum absolute atomic E-state index is 0.230. The molecule has 0 aromatic carbocycles. The molecule has 0 nitrogen and oxygen atoms in total. The average molecular weight is 213 g/mol. The first-order chi connectivity index (χ1) is 5.79. The molecule has 0 unspecified atom stereocenters. The summed E-state index contributed by atoms with van der Waals surface area (Å²) in [4.78, 5) is 0. The highest BCUT2D eigenvalue weighted by Gasteiger charge is 2.31. The van der Waals surface area contributed by atoms with Crippen LogP contribution in [0.2, 0.25) is 0 Å². The van der Waals surface area contributed by atoms with E-state index in [1.165, 1.54) is 6.08 Å². The molecule has 0 bridgehead atoms. The molecule has 76 valence electrons. The van der Waals surface area contributed by atoms with Gasteiger partial charge in [0.15, 0.2) is 0 Å². The lowest BCUT2D eigenvalue weighted by Crippen LogP contribution is -2.09. The second-order valence-electron chi connectivity index (χ2n) is 2.81. The van der Waals surface area contributed by atoms with Gasteiger partial charge < -0.3 is 0 Å². The van der Waals surface area contributed by atoms with Crippen molar-refractivity contribution in [2.45, 2.75) is 33.4 Å². The fourth-order valence-corrected chi connectivity index (χ4v) is 0.855. The summed E-state index contributed by atoms with van der Waals surface area (Å²) in [5.41, 5.74) is 0.0792. The van der Waals surface area contributed by atoms with Crippen LogP contribution in [0.25, 0.3) is 0 Å². The first-order valence-corrected chi connectivity index (χ1v) is 4.27. The Morgan fingerprint density at radius 2 is 1.77 bits per heavy atom. The lowest BCUT2D eigenvalue weighted by atomic mass is 10.2. The fraction of sp³-hybridized carbons (Fsp3) is 0.556. The Labute approximate surface area is 81.1 Å². The van der Waals surface area contributed by atoms with Crippen LogP contribution in [0, 0.1) is 0 Å². The summed E-state index contributed by atoms with van der Waals surface area (Å²) in [7, 11) is 0. The van der Waals surface area contributed by atoms with Crippen LogP contribution >= 0.6 is 11.6 Å². The van der Waals surface area contributed by atoms with Gasteiger partial charge in [-0.2, -0.15) is 13.2 Å². The third-order valence-electron chi connectivity index (χ3n) is 1.71. The second-order valence-corrected chi connectivity index (χ2v) is 3.22. The van der Waals surface area contributed by atoms with Gasteiger partial charge in [0.25, 0.3) is 0 Å². The lowest BCUT2D eigenvalue weighted by molar-refractivity contribution is -0.0915. The summed E-state index contributed by atoms with van der Waals surface area (Å²) in [6.45, 7) is 4.58. The predicted octanol–water partition coefficient (Wildman–Crippen LogP) is 4.42.